The highest BCUT2D eigenvalue weighted by Crippen LogP contribution is 2.50. The lowest BCUT2D eigenvalue weighted by atomic mass is 9.76. The third-order valence-corrected chi connectivity index (χ3v) is 26.3. The van der Waals surface area contributed by atoms with Crippen molar-refractivity contribution in [3.8, 4) is 33.4 Å². The molecule has 5 heteroatoms. The summed E-state index contributed by atoms with van der Waals surface area (Å²) >= 11 is 0. The largest absolute Gasteiger partial charge is 0.467 e. The molecule has 0 aliphatic rings. The molecule has 0 atom stereocenters. The number of halogens is 2. The third kappa shape index (κ3) is 10.8. The van der Waals surface area contributed by atoms with E-state index in [1.165, 1.54) is 55.6 Å². The van der Waals surface area contributed by atoms with Crippen molar-refractivity contribution in [2.45, 2.75) is 198 Å². The molecule has 0 amide bonds. The molecule has 0 saturated carbocycles. The topological polar surface area (TPSA) is 0 Å². The van der Waals surface area contributed by atoms with Crippen molar-refractivity contribution >= 4 is 29.0 Å². The first-order valence-corrected chi connectivity index (χ1v) is 30.8. The molecular formula is C54H80F2PSi2-. The average molecular weight is 854 g/mol. The summed E-state index contributed by atoms with van der Waals surface area (Å²) < 4.78 is 37.1. The molecule has 0 aliphatic heterocycles. The first-order chi connectivity index (χ1) is 27.1. The first kappa shape index (κ1) is 49.3. The fourth-order valence-corrected chi connectivity index (χ4v) is 23.0. The predicted octanol–water partition coefficient (Wildman–Crippen LogP) is 18.7. The van der Waals surface area contributed by atoms with Crippen LogP contribution in [0.25, 0.3) is 33.4 Å². The van der Waals surface area contributed by atoms with Gasteiger partial charge < -0.3 is 7.68 Å². The Bertz CT molecular complexity index is 1920. The molecule has 4 aromatic rings. The Kier molecular flexibility index (Phi) is 15.8. The highest BCUT2D eigenvalue weighted by atomic mass is 31.6. The van der Waals surface area contributed by atoms with Crippen molar-refractivity contribution in [2.24, 2.45) is 0 Å². The van der Waals surface area contributed by atoms with Gasteiger partial charge in [0, 0.05) is 0 Å². The molecule has 0 nitrogen and oxygen atoms in total. The molecule has 0 heterocycles. The van der Waals surface area contributed by atoms with E-state index in [0.717, 1.165) is 27.8 Å². The van der Waals surface area contributed by atoms with E-state index in [1.807, 2.05) is 0 Å². The van der Waals surface area contributed by atoms with E-state index in [1.54, 1.807) is 0 Å². The quantitative estimate of drug-likeness (QED) is 0.0635. The van der Waals surface area contributed by atoms with Gasteiger partial charge in [-0.05, 0) is 154 Å². The Morgan fingerprint density at radius 3 is 0.797 bits per heavy atom. The van der Waals surface area contributed by atoms with Gasteiger partial charge in [-0.25, -0.2) is 0 Å². The van der Waals surface area contributed by atoms with Crippen LogP contribution in [0.2, 0.25) is 19.6 Å². The van der Waals surface area contributed by atoms with Crippen LogP contribution >= 0.6 is 7.68 Å². The van der Waals surface area contributed by atoms with Crippen LogP contribution in [0.1, 0.15) is 228 Å². The molecular weight excluding hydrogens is 774 g/mol. The minimum atomic E-state index is -5.16. The maximum atomic E-state index is 18.5. The average Bonchev–Trinajstić information content (AvgIpc) is 3.11. The summed E-state index contributed by atoms with van der Waals surface area (Å²) in [6.07, 6.45) is 0. The minimum Gasteiger partial charge on any atom is -0.467 e. The Labute approximate surface area is 365 Å². The molecule has 0 aromatic heterocycles. The fourth-order valence-electron chi connectivity index (χ4n) is 8.80. The second-order valence-electron chi connectivity index (χ2n) is 21.4. The fraction of sp³-hybridized carbons (Fsp3) is 0.556. The lowest BCUT2D eigenvalue weighted by Crippen LogP contribution is -2.42. The lowest BCUT2D eigenvalue weighted by Gasteiger charge is -2.41. The van der Waals surface area contributed by atoms with Crippen LogP contribution in [0, 0.1) is 0 Å². The summed E-state index contributed by atoms with van der Waals surface area (Å²) in [6, 6.07) is 18.8. The van der Waals surface area contributed by atoms with Gasteiger partial charge in [-0.2, -0.15) is 0 Å². The van der Waals surface area contributed by atoms with Gasteiger partial charge in [-0.3, -0.25) is 8.22 Å². The van der Waals surface area contributed by atoms with Crippen molar-refractivity contribution in [3.05, 3.63) is 98.6 Å². The molecule has 0 radical (unpaired) electrons. The summed E-state index contributed by atoms with van der Waals surface area (Å²) in [5, 5.41) is 0.350. The molecule has 4 aromatic carbocycles. The van der Waals surface area contributed by atoms with Gasteiger partial charge in [0.1, 0.15) is 0 Å². The van der Waals surface area contributed by atoms with E-state index < -0.39 is 16.2 Å². The summed E-state index contributed by atoms with van der Waals surface area (Å²) in [7, 11) is -7.06. The number of hydrogen-bond donors (Lipinski definition) is 0. The monoisotopic (exact) mass is 854 g/mol. The molecule has 0 unspecified atom stereocenters. The van der Waals surface area contributed by atoms with E-state index in [-0.39, 0.29) is 35.5 Å². The Morgan fingerprint density at radius 1 is 0.356 bits per heavy atom. The zero-order chi connectivity index (χ0) is 44.8. The van der Waals surface area contributed by atoms with Gasteiger partial charge in [0.15, 0.2) is 0 Å². The molecule has 0 fully saturated rings. The standard InChI is InChI=1S/C54H80F2PSi2/c1-30(2)39-22-43(33(7)8)51(44(23-39)34(9)10)42-28-49(52-45(35(11)12)24-40(31(3)4)25-46(52)36(13)14)54(59(55,56)57-58(19,20)21)50(29-42)53-47(37(15)16)26-41(32(5)6)27-48(53)38(17)18/h22-38H,1-21H3/q-1. The van der Waals surface area contributed by atoms with Crippen LogP contribution < -0.4 is 5.19 Å². The van der Waals surface area contributed by atoms with Crippen molar-refractivity contribution in [2.75, 3.05) is 0 Å². The molecule has 0 saturated heterocycles. The van der Waals surface area contributed by atoms with E-state index in [4.69, 9.17) is 0 Å². The van der Waals surface area contributed by atoms with E-state index in [9.17, 15) is 0 Å². The van der Waals surface area contributed by atoms with E-state index in [0.29, 0.717) is 30.6 Å². The van der Waals surface area contributed by atoms with Crippen molar-refractivity contribution in [1.29, 1.82) is 0 Å². The minimum absolute atomic E-state index is 0.150. The second-order valence-corrected chi connectivity index (χ2v) is 35.9. The Balaban J connectivity index is 2.56. The number of hydrogen-bond acceptors (Lipinski definition) is 0. The van der Waals surface area contributed by atoms with Crippen LogP contribution in [0.3, 0.4) is 0 Å². The van der Waals surface area contributed by atoms with Gasteiger partial charge in [0.25, 0.3) is 0 Å². The highest BCUT2D eigenvalue weighted by molar-refractivity contribution is 8.07. The second kappa shape index (κ2) is 18.9. The number of benzene rings is 4. The van der Waals surface area contributed by atoms with Gasteiger partial charge in [0.05, 0.1) is 0 Å². The molecule has 0 N–H and O–H groups in total. The van der Waals surface area contributed by atoms with E-state index >= 15 is 8.22 Å². The van der Waals surface area contributed by atoms with Crippen LogP contribution in [0.15, 0.2) is 48.5 Å². The normalized spacial score (nSPS) is 13.3. The van der Waals surface area contributed by atoms with Gasteiger partial charge in [-0.15, -0.1) is 7.74 Å². The Hall–Kier alpha value is -2.40. The predicted molar refractivity (Wildman–Crippen MR) is 267 cm³/mol. The van der Waals surface area contributed by atoms with Gasteiger partial charge in [-0.1, -0.05) is 181 Å². The molecule has 0 spiro atoms. The smallest absolute Gasteiger partial charge is 0.308 e. The molecule has 59 heavy (non-hydrogen) atoms. The van der Waals surface area contributed by atoms with Crippen molar-refractivity contribution in [1.82, 2.24) is 0 Å². The van der Waals surface area contributed by atoms with Crippen LogP contribution in [0.5, 0.6) is 0 Å². The summed E-state index contributed by atoms with van der Waals surface area (Å²) in [6.45, 7) is 47.2. The summed E-state index contributed by atoms with van der Waals surface area (Å²) in [5.74, 6) is 2.12. The summed E-state index contributed by atoms with van der Waals surface area (Å²) in [4.78, 5) is 0. The SMILES string of the molecule is CC(C)c1cc(C(C)C)c(-c2cc(-c3c(C(C)C)cc(C(C)C)cc3C(C)C)c([Si](F)(F)[P-][Si](C)(C)C)c(-c3c(C(C)C)cc(C(C)C)cc3C(C)C)c2)c(C(C)C)c1. The zero-order valence-electron chi connectivity index (χ0n) is 41.0. The molecule has 4 rings (SSSR count). The van der Waals surface area contributed by atoms with Crippen LogP contribution in [-0.2, 0) is 0 Å². The van der Waals surface area contributed by atoms with Crippen LogP contribution in [-0.4, -0.2) is 16.2 Å². The van der Waals surface area contributed by atoms with Gasteiger partial charge >= 0.3 is 8.41 Å². The third-order valence-electron chi connectivity index (χ3n) is 12.1. The molecule has 0 aliphatic carbocycles. The number of rotatable bonds is 15. The lowest BCUT2D eigenvalue weighted by molar-refractivity contribution is 0.671. The summed E-state index contributed by atoms with van der Waals surface area (Å²) in [5.41, 5.74) is 17.2. The van der Waals surface area contributed by atoms with Crippen molar-refractivity contribution < 1.29 is 8.22 Å². The van der Waals surface area contributed by atoms with Gasteiger partial charge in [0.2, 0.25) is 0 Å². The highest BCUT2D eigenvalue weighted by Gasteiger charge is 2.38. The molecule has 324 valence electrons. The van der Waals surface area contributed by atoms with Crippen LogP contribution in [0.4, 0.5) is 8.22 Å². The van der Waals surface area contributed by atoms with Crippen molar-refractivity contribution in [3.63, 3.8) is 0 Å². The zero-order valence-corrected chi connectivity index (χ0v) is 43.9. The maximum absolute atomic E-state index is 18.5. The first-order valence-electron chi connectivity index (χ1n) is 22.9. The van der Waals surface area contributed by atoms with E-state index in [2.05, 4.69) is 193 Å². The molecule has 0 bridgehead atoms. The Morgan fingerprint density at radius 2 is 0.593 bits per heavy atom. The maximum Gasteiger partial charge on any atom is 0.308 e.